The first-order valence-corrected chi connectivity index (χ1v) is 21.0. The van der Waals surface area contributed by atoms with Crippen molar-refractivity contribution in [2.75, 3.05) is 13.2 Å². The van der Waals surface area contributed by atoms with Crippen molar-refractivity contribution in [2.45, 2.75) is 192 Å². The highest BCUT2D eigenvalue weighted by Crippen LogP contribution is 2.76. The van der Waals surface area contributed by atoms with Gasteiger partial charge in [0.05, 0.1) is 37.1 Å². The predicted octanol–water partition coefficient (Wildman–Crippen LogP) is 1.12. The highest BCUT2D eigenvalue weighted by atomic mass is 16.8. The molecule has 2 aliphatic heterocycles. The number of fused-ring (bicyclic) bond motifs is 5. The van der Waals surface area contributed by atoms with Gasteiger partial charge in [0.2, 0.25) is 0 Å². The van der Waals surface area contributed by atoms with Gasteiger partial charge in [0.25, 0.3) is 0 Å². The second-order valence-electron chi connectivity index (χ2n) is 20.3. The quantitative estimate of drug-likeness (QED) is 0.110. The Kier molecular flexibility index (Phi) is 12.7. The summed E-state index contributed by atoms with van der Waals surface area (Å²) >= 11 is 0. The summed E-state index contributed by atoms with van der Waals surface area (Å²) in [6.45, 7) is 15.5. The van der Waals surface area contributed by atoms with E-state index in [2.05, 4.69) is 26.8 Å². The maximum Gasteiger partial charge on any atom is 0.187 e. The van der Waals surface area contributed by atoms with Crippen LogP contribution in [-0.2, 0) is 18.9 Å². The summed E-state index contributed by atoms with van der Waals surface area (Å²) in [6, 6.07) is 0. The van der Waals surface area contributed by atoms with Gasteiger partial charge in [0.15, 0.2) is 12.6 Å². The first kappa shape index (κ1) is 44.7. The van der Waals surface area contributed by atoms with Gasteiger partial charge in [-0.05, 0) is 117 Å². The SMILES string of the molecule is CC(C)=CCC[C@](C)(O)C1CC[C@]2(C)C1C(O)CC1[C@@]3(C)CCC(O)C(C)(C)C3C(OC3OC(CO)C(O)C(O)C3OC3OC(CO)C(O)C(O)C3O)C[C@]12C. The van der Waals surface area contributed by atoms with Crippen LogP contribution in [0, 0.1) is 45.3 Å². The van der Waals surface area contributed by atoms with Gasteiger partial charge in [-0.1, -0.05) is 46.3 Å². The topological polar surface area (TPSA) is 239 Å². The molecule has 56 heavy (non-hydrogen) atoms. The molecule has 0 amide bonds. The maximum atomic E-state index is 12.3. The van der Waals surface area contributed by atoms with Gasteiger partial charge >= 0.3 is 0 Å². The van der Waals surface area contributed by atoms with Crippen molar-refractivity contribution >= 4 is 0 Å². The summed E-state index contributed by atoms with van der Waals surface area (Å²) < 4.78 is 24.9. The molecule has 14 heteroatoms. The van der Waals surface area contributed by atoms with E-state index >= 15 is 0 Å². The van der Waals surface area contributed by atoms with Crippen LogP contribution in [-0.4, -0.2) is 150 Å². The van der Waals surface area contributed by atoms with Crippen molar-refractivity contribution in [3.63, 3.8) is 0 Å². The monoisotopic (exact) mass is 800 g/mol. The third kappa shape index (κ3) is 7.16. The molecule has 4 aliphatic carbocycles. The Morgan fingerprint density at radius 1 is 0.768 bits per heavy atom. The number of hydrogen-bond donors (Lipinski definition) is 10. The minimum Gasteiger partial charge on any atom is -0.394 e. The lowest BCUT2D eigenvalue weighted by Crippen LogP contribution is -2.71. The van der Waals surface area contributed by atoms with Crippen molar-refractivity contribution in [3.8, 4) is 0 Å². The molecule has 6 aliphatic rings. The summed E-state index contributed by atoms with van der Waals surface area (Å²) in [5.41, 5.74) is -1.85. The van der Waals surface area contributed by atoms with Crippen LogP contribution in [0.25, 0.3) is 0 Å². The Bertz CT molecular complexity index is 1400. The van der Waals surface area contributed by atoms with Crippen LogP contribution in [0.4, 0.5) is 0 Å². The van der Waals surface area contributed by atoms with Crippen molar-refractivity contribution in [3.05, 3.63) is 11.6 Å². The lowest BCUT2D eigenvalue weighted by Gasteiger charge is -2.72. The van der Waals surface area contributed by atoms with Gasteiger partial charge in [-0.3, -0.25) is 0 Å². The zero-order chi connectivity index (χ0) is 41.5. The molecule has 14 nitrogen and oxygen atoms in total. The number of hydrogen-bond acceptors (Lipinski definition) is 14. The van der Waals surface area contributed by atoms with Gasteiger partial charge in [0.1, 0.15) is 48.8 Å². The molecule has 4 saturated carbocycles. The van der Waals surface area contributed by atoms with E-state index in [9.17, 15) is 51.1 Å². The Labute approximate surface area is 331 Å². The average molecular weight is 801 g/mol. The predicted molar refractivity (Wildman–Crippen MR) is 202 cm³/mol. The number of rotatable bonds is 10. The zero-order valence-electron chi connectivity index (χ0n) is 34.6. The van der Waals surface area contributed by atoms with E-state index in [-0.39, 0.29) is 23.7 Å². The van der Waals surface area contributed by atoms with Crippen LogP contribution in [0.2, 0.25) is 0 Å². The molecule has 6 rings (SSSR count). The molecule has 0 aromatic heterocycles. The van der Waals surface area contributed by atoms with Crippen LogP contribution in [0.5, 0.6) is 0 Å². The molecular weight excluding hydrogens is 728 g/mol. The summed E-state index contributed by atoms with van der Waals surface area (Å²) in [6.07, 6.45) is -10.6. The largest absolute Gasteiger partial charge is 0.394 e. The van der Waals surface area contributed by atoms with Crippen LogP contribution >= 0.6 is 0 Å². The number of ether oxygens (including phenoxy) is 4. The van der Waals surface area contributed by atoms with Crippen molar-refractivity contribution in [1.82, 2.24) is 0 Å². The molecular formula is C42H72O14. The first-order chi connectivity index (χ1) is 26.0. The van der Waals surface area contributed by atoms with Gasteiger partial charge in [-0.15, -0.1) is 0 Å². The van der Waals surface area contributed by atoms with Gasteiger partial charge in [-0.25, -0.2) is 0 Å². The lowest BCUT2D eigenvalue weighted by atomic mass is 9.34. The first-order valence-electron chi connectivity index (χ1n) is 21.0. The van der Waals surface area contributed by atoms with Crippen LogP contribution in [0.15, 0.2) is 11.6 Å². The van der Waals surface area contributed by atoms with Crippen LogP contribution < -0.4 is 0 Å². The molecule has 6 fully saturated rings. The van der Waals surface area contributed by atoms with E-state index < -0.39 is 120 Å². The van der Waals surface area contributed by atoms with Crippen LogP contribution in [0.1, 0.15) is 107 Å². The van der Waals surface area contributed by atoms with E-state index in [0.29, 0.717) is 32.1 Å². The average Bonchev–Trinajstić information content (AvgIpc) is 3.51. The molecule has 0 radical (unpaired) electrons. The fourth-order valence-electron chi connectivity index (χ4n) is 13.4. The van der Waals surface area contributed by atoms with E-state index in [4.69, 9.17) is 18.9 Å². The molecule has 0 aromatic rings. The molecule has 2 saturated heterocycles. The molecule has 10 N–H and O–H groups in total. The van der Waals surface area contributed by atoms with Crippen molar-refractivity contribution in [1.29, 1.82) is 0 Å². The van der Waals surface area contributed by atoms with E-state index in [1.807, 2.05) is 34.6 Å². The molecule has 21 atom stereocenters. The minimum atomic E-state index is -1.81. The van der Waals surface area contributed by atoms with Gasteiger partial charge in [-0.2, -0.15) is 0 Å². The highest BCUT2D eigenvalue weighted by molar-refractivity contribution is 5.22. The molecule has 2 heterocycles. The van der Waals surface area contributed by atoms with Crippen molar-refractivity contribution in [2.24, 2.45) is 45.3 Å². The van der Waals surface area contributed by atoms with E-state index in [1.54, 1.807) is 0 Å². The highest BCUT2D eigenvalue weighted by Gasteiger charge is 2.73. The number of aliphatic hydroxyl groups excluding tert-OH is 9. The third-order valence-corrected chi connectivity index (χ3v) is 16.5. The number of aliphatic hydroxyl groups is 10. The second kappa shape index (κ2) is 15.9. The normalized spacial score (nSPS) is 52.6. The van der Waals surface area contributed by atoms with Crippen LogP contribution in [0.3, 0.4) is 0 Å². The lowest BCUT2D eigenvalue weighted by molar-refractivity contribution is -0.383. The molecule has 0 spiro atoms. The van der Waals surface area contributed by atoms with E-state index in [1.165, 1.54) is 5.57 Å². The maximum absolute atomic E-state index is 12.3. The Morgan fingerprint density at radius 2 is 1.38 bits per heavy atom. The fourth-order valence-corrected chi connectivity index (χ4v) is 13.4. The Hall–Kier alpha value is -0.820. The van der Waals surface area contributed by atoms with Crippen molar-refractivity contribution < 1.29 is 70.0 Å². The molecule has 0 aromatic carbocycles. The summed E-state index contributed by atoms with van der Waals surface area (Å²) in [4.78, 5) is 0. The minimum absolute atomic E-state index is 0.0169. The standard InChI is InChI=1S/C42H72O14/c1-20(2)10-9-13-42(8,52)21-11-15-40(6)28(21)22(45)16-26-39(5)14-12-27(46)38(3,4)35(39)23(17-41(26,40)7)53-37-34(32(50)30(48)25(19-44)55-37)56-36-33(51)31(49)29(47)24(18-43)54-36/h10,21-37,43-52H,9,11-19H2,1-8H3/t21?,22?,23?,24?,25?,26?,27?,28?,29?,30?,31?,32?,33?,34?,35?,36?,37?,39-,40-,41-,42+/m1/s1. The number of allylic oxidation sites excluding steroid dienone is 2. The summed E-state index contributed by atoms with van der Waals surface area (Å²) in [7, 11) is 0. The third-order valence-electron chi connectivity index (χ3n) is 16.5. The Morgan fingerprint density at radius 3 is 1.98 bits per heavy atom. The fraction of sp³-hybridized carbons (Fsp3) is 0.952. The molecule has 324 valence electrons. The second-order valence-corrected chi connectivity index (χ2v) is 20.3. The summed E-state index contributed by atoms with van der Waals surface area (Å²) in [5.74, 6) is -0.623. The van der Waals surface area contributed by atoms with E-state index in [0.717, 1.165) is 19.3 Å². The molecule has 17 unspecified atom stereocenters. The molecule has 0 bridgehead atoms. The van der Waals surface area contributed by atoms with Gasteiger partial charge in [0, 0.05) is 0 Å². The zero-order valence-corrected chi connectivity index (χ0v) is 34.6. The Balaban J connectivity index is 1.38. The summed E-state index contributed by atoms with van der Waals surface area (Å²) in [5, 5.41) is 110. The van der Waals surface area contributed by atoms with Gasteiger partial charge < -0.3 is 70.0 Å². The smallest absolute Gasteiger partial charge is 0.187 e.